The second-order valence-corrected chi connectivity index (χ2v) is 5.23. The normalized spacial score (nSPS) is 20.3. The predicted octanol–water partition coefficient (Wildman–Crippen LogP) is 3.12. The Morgan fingerprint density at radius 3 is 2.71 bits per heavy atom. The summed E-state index contributed by atoms with van der Waals surface area (Å²) in [7, 11) is 1.91. The lowest BCUT2D eigenvalue weighted by Gasteiger charge is -2.31. The van der Waals surface area contributed by atoms with Crippen molar-refractivity contribution in [3.63, 3.8) is 0 Å². The first-order valence-electron chi connectivity index (χ1n) is 6.58. The summed E-state index contributed by atoms with van der Waals surface area (Å²) in [6.07, 6.45) is -2.95. The van der Waals surface area contributed by atoms with Crippen molar-refractivity contribution in [1.29, 1.82) is 0 Å². The van der Waals surface area contributed by atoms with Crippen LogP contribution >= 0.6 is 0 Å². The van der Waals surface area contributed by atoms with Gasteiger partial charge in [0.05, 0.1) is 10.5 Å². The lowest BCUT2D eigenvalue weighted by molar-refractivity contribution is -0.385. The van der Waals surface area contributed by atoms with Gasteiger partial charge in [-0.2, -0.15) is 13.2 Å². The van der Waals surface area contributed by atoms with Crippen molar-refractivity contribution in [3.8, 4) is 0 Å². The van der Waals surface area contributed by atoms with Crippen LogP contribution in [0, 0.1) is 10.1 Å². The molecule has 1 aliphatic heterocycles. The number of nitrogens with zero attached hydrogens (tertiary/aromatic N) is 2. The zero-order valence-corrected chi connectivity index (χ0v) is 11.5. The van der Waals surface area contributed by atoms with Gasteiger partial charge in [-0.05, 0) is 32.5 Å². The van der Waals surface area contributed by atoms with Crippen LogP contribution in [-0.4, -0.2) is 36.0 Å². The van der Waals surface area contributed by atoms with Crippen molar-refractivity contribution >= 4 is 11.4 Å². The molecule has 0 saturated carbocycles. The van der Waals surface area contributed by atoms with Crippen LogP contribution in [0.15, 0.2) is 18.2 Å². The van der Waals surface area contributed by atoms with Crippen molar-refractivity contribution in [2.45, 2.75) is 25.1 Å². The van der Waals surface area contributed by atoms with E-state index in [1.807, 2.05) is 11.9 Å². The summed E-state index contributed by atoms with van der Waals surface area (Å²) in [4.78, 5) is 11.9. The van der Waals surface area contributed by atoms with Crippen LogP contribution in [0.1, 0.15) is 18.4 Å². The number of hydrogen-bond donors (Lipinski definition) is 1. The van der Waals surface area contributed by atoms with E-state index in [0.717, 1.165) is 31.5 Å². The third kappa shape index (κ3) is 3.84. The smallest absolute Gasteiger partial charge is 0.381 e. The average Bonchev–Trinajstić information content (AvgIpc) is 2.37. The fourth-order valence-electron chi connectivity index (χ4n) is 2.51. The van der Waals surface area contributed by atoms with E-state index >= 15 is 0 Å². The minimum absolute atomic E-state index is 0.0914. The second kappa shape index (κ2) is 5.88. The number of hydrogen-bond acceptors (Lipinski definition) is 4. The van der Waals surface area contributed by atoms with Crippen LogP contribution in [0.4, 0.5) is 24.5 Å². The van der Waals surface area contributed by atoms with Crippen LogP contribution in [0.5, 0.6) is 0 Å². The van der Waals surface area contributed by atoms with Gasteiger partial charge in [-0.3, -0.25) is 10.1 Å². The Labute approximate surface area is 119 Å². The van der Waals surface area contributed by atoms with Gasteiger partial charge < -0.3 is 10.2 Å². The van der Waals surface area contributed by atoms with Crippen molar-refractivity contribution < 1.29 is 18.1 Å². The number of nitro benzene ring substituents is 1. The minimum atomic E-state index is -4.63. The number of likely N-dealkylation sites (N-methyl/N-ethyl adjacent to an activating group) is 1. The molecule has 21 heavy (non-hydrogen) atoms. The third-order valence-electron chi connectivity index (χ3n) is 3.50. The van der Waals surface area contributed by atoms with Gasteiger partial charge in [-0.25, -0.2) is 0 Å². The largest absolute Gasteiger partial charge is 0.418 e. The summed E-state index contributed by atoms with van der Waals surface area (Å²) in [5.74, 6) is 0. The molecular formula is C13H16F3N3O2. The Balaban J connectivity index is 2.27. The van der Waals surface area contributed by atoms with E-state index in [0.29, 0.717) is 12.6 Å². The Kier molecular flexibility index (Phi) is 4.36. The number of nitro groups is 1. The van der Waals surface area contributed by atoms with E-state index in [9.17, 15) is 23.3 Å². The molecule has 1 N–H and O–H groups in total. The van der Waals surface area contributed by atoms with Crippen LogP contribution in [-0.2, 0) is 6.18 Å². The first kappa shape index (κ1) is 15.6. The summed E-state index contributed by atoms with van der Waals surface area (Å²) in [5.41, 5.74) is -1.66. The molecule has 0 radical (unpaired) electrons. The molecule has 1 atom stereocenters. The molecule has 1 fully saturated rings. The zero-order valence-electron chi connectivity index (χ0n) is 11.5. The topological polar surface area (TPSA) is 58.4 Å². The standard InChI is InChI=1S/C13H16F3N3O2/c1-18-6-2-3-9(8-18)17-12-5-4-10(19(20)21)7-11(12)13(14,15)16/h4-5,7,9,17H,2-3,6,8H2,1H3. The molecular weight excluding hydrogens is 287 g/mol. The summed E-state index contributed by atoms with van der Waals surface area (Å²) >= 11 is 0. The third-order valence-corrected chi connectivity index (χ3v) is 3.50. The van der Waals surface area contributed by atoms with E-state index in [1.54, 1.807) is 0 Å². The molecule has 2 rings (SSSR count). The van der Waals surface area contributed by atoms with Crippen molar-refractivity contribution in [2.75, 3.05) is 25.5 Å². The maximum atomic E-state index is 13.0. The lowest BCUT2D eigenvalue weighted by Crippen LogP contribution is -2.40. The first-order valence-corrected chi connectivity index (χ1v) is 6.58. The van der Waals surface area contributed by atoms with Crippen molar-refractivity contribution in [2.24, 2.45) is 0 Å². The number of rotatable bonds is 3. The molecule has 5 nitrogen and oxygen atoms in total. The zero-order chi connectivity index (χ0) is 15.6. The summed E-state index contributed by atoms with van der Waals surface area (Å²) in [5, 5.41) is 13.5. The fourth-order valence-corrected chi connectivity index (χ4v) is 2.51. The highest BCUT2D eigenvalue weighted by atomic mass is 19.4. The number of halogens is 3. The highest BCUT2D eigenvalue weighted by Crippen LogP contribution is 2.37. The minimum Gasteiger partial charge on any atom is -0.381 e. The van der Waals surface area contributed by atoms with E-state index in [1.165, 1.54) is 0 Å². The Morgan fingerprint density at radius 2 is 2.14 bits per heavy atom. The van der Waals surface area contributed by atoms with Gasteiger partial charge in [-0.15, -0.1) is 0 Å². The molecule has 1 aliphatic rings. The van der Waals surface area contributed by atoms with Gasteiger partial charge in [-0.1, -0.05) is 0 Å². The van der Waals surface area contributed by atoms with Crippen LogP contribution < -0.4 is 5.32 Å². The molecule has 116 valence electrons. The van der Waals surface area contributed by atoms with E-state index in [4.69, 9.17) is 0 Å². The SMILES string of the molecule is CN1CCCC(Nc2ccc([N+](=O)[O-])cc2C(F)(F)F)C1. The number of non-ortho nitro benzene ring substituents is 1. The van der Waals surface area contributed by atoms with Gasteiger partial charge >= 0.3 is 6.18 Å². The second-order valence-electron chi connectivity index (χ2n) is 5.23. The molecule has 0 aliphatic carbocycles. The Bertz CT molecular complexity index is 534. The lowest BCUT2D eigenvalue weighted by atomic mass is 10.0. The number of nitrogens with one attached hydrogen (secondary N) is 1. The number of anilines is 1. The number of likely N-dealkylation sites (tertiary alicyclic amines) is 1. The molecule has 0 amide bonds. The molecule has 1 aromatic rings. The predicted molar refractivity (Wildman–Crippen MR) is 72.2 cm³/mol. The monoisotopic (exact) mass is 303 g/mol. The molecule has 8 heteroatoms. The van der Waals surface area contributed by atoms with Crippen molar-refractivity contribution in [3.05, 3.63) is 33.9 Å². The fraction of sp³-hybridized carbons (Fsp3) is 0.538. The average molecular weight is 303 g/mol. The molecule has 1 heterocycles. The van der Waals surface area contributed by atoms with E-state index < -0.39 is 22.4 Å². The van der Waals surface area contributed by atoms with Crippen LogP contribution in [0.3, 0.4) is 0 Å². The van der Waals surface area contributed by atoms with E-state index in [-0.39, 0.29) is 11.7 Å². The summed E-state index contributed by atoms with van der Waals surface area (Å²) < 4.78 is 39.1. The quantitative estimate of drug-likeness (QED) is 0.688. The Morgan fingerprint density at radius 1 is 1.43 bits per heavy atom. The molecule has 1 unspecified atom stereocenters. The molecule has 0 aromatic heterocycles. The highest BCUT2D eigenvalue weighted by molar-refractivity contribution is 5.58. The molecule has 1 aromatic carbocycles. The van der Waals surface area contributed by atoms with Gasteiger partial charge in [0.15, 0.2) is 0 Å². The summed E-state index contributed by atoms with van der Waals surface area (Å²) in [6.45, 7) is 1.57. The van der Waals surface area contributed by atoms with E-state index in [2.05, 4.69) is 5.32 Å². The van der Waals surface area contributed by atoms with Gasteiger partial charge in [0, 0.05) is 30.4 Å². The van der Waals surface area contributed by atoms with Crippen LogP contribution in [0.25, 0.3) is 0 Å². The first-order chi connectivity index (χ1) is 9.77. The Hall–Kier alpha value is -1.83. The van der Waals surface area contributed by atoms with Crippen LogP contribution in [0.2, 0.25) is 0 Å². The maximum absolute atomic E-state index is 13.0. The number of alkyl halides is 3. The van der Waals surface area contributed by atoms with Gasteiger partial charge in [0.1, 0.15) is 0 Å². The molecule has 0 bridgehead atoms. The summed E-state index contributed by atoms with van der Waals surface area (Å²) in [6, 6.07) is 2.71. The maximum Gasteiger partial charge on any atom is 0.418 e. The molecule has 1 saturated heterocycles. The van der Waals surface area contributed by atoms with Crippen molar-refractivity contribution in [1.82, 2.24) is 4.90 Å². The van der Waals surface area contributed by atoms with Gasteiger partial charge in [0.2, 0.25) is 0 Å². The van der Waals surface area contributed by atoms with Gasteiger partial charge in [0.25, 0.3) is 5.69 Å². The molecule has 0 spiro atoms. The number of piperidine rings is 1. The number of benzene rings is 1. The highest BCUT2D eigenvalue weighted by Gasteiger charge is 2.35.